The second-order valence-electron chi connectivity index (χ2n) is 1.68. The van der Waals surface area contributed by atoms with Crippen LogP contribution in [0.5, 0.6) is 0 Å². The Morgan fingerprint density at radius 3 is 2.44 bits per heavy atom. The van der Waals surface area contributed by atoms with E-state index in [1.165, 1.54) is 18.2 Å². The van der Waals surface area contributed by atoms with Crippen LogP contribution in [0, 0.1) is 5.21 Å². The zero-order valence-electron chi connectivity index (χ0n) is 4.61. The van der Waals surface area contributed by atoms with Gasteiger partial charge in [0.15, 0.2) is 0 Å². The fourth-order valence-electron chi connectivity index (χ4n) is 0.568. The van der Waals surface area contributed by atoms with Crippen LogP contribution in [0.3, 0.4) is 0 Å². The van der Waals surface area contributed by atoms with Gasteiger partial charge in [0, 0.05) is 22.8 Å². The van der Waals surface area contributed by atoms with E-state index in [0.717, 1.165) is 0 Å². The minimum atomic E-state index is -0.226. The summed E-state index contributed by atoms with van der Waals surface area (Å²) in [4.78, 5) is -0.226. The highest BCUT2D eigenvalue weighted by molar-refractivity contribution is 6.03. The maximum Gasteiger partial charge on any atom is 0.269 e. The predicted molar refractivity (Wildman–Crippen MR) is 31.8 cm³/mol. The van der Waals surface area contributed by atoms with Crippen LogP contribution in [-0.4, -0.2) is 15.8 Å². The molecule has 0 fully saturated rings. The van der Waals surface area contributed by atoms with Crippen molar-refractivity contribution in [3.05, 3.63) is 29.1 Å². The molecule has 4 nitrogen and oxygen atoms in total. The van der Waals surface area contributed by atoms with E-state index in [0.29, 0.717) is 5.70 Å². The molecule has 1 rings (SSSR count). The smallest absolute Gasteiger partial charge is 0.269 e. The average molecular weight is 126 g/mol. The number of rotatable bonds is 0. The molecular formula is C5H6N2O2. The van der Waals surface area contributed by atoms with Crippen molar-refractivity contribution in [2.75, 3.05) is 0 Å². The molecule has 0 heterocycles. The second kappa shape index (κ2) is 1.81. The summed E-state index contributed by atoms with van der Waals surface area (Å²) in [6, 6.07) is 0. The van der Waals surface area contributed by atoms with Gasteiger partial charge in [0.25, 0.3) is 5.71 Å². The van der Waals surface area contributed by atoms with Gasteiger partial charge in [-0.15, -0.1) is 0 Å². The van der Waals surface area contributed by atoms with Gasteiger partial charge in [-0.1, -0.05) is 0 Å². The van der Waals surface area contributed by atoms with Crippen LogP contribution in [-0.2, 0) is 0 Å². The Kier molecular flexibility index (Phi) is 1.14. The van der Waals surface area contributed by atoms with Gasteiger partial charge in [-0.3, -0.25) is 5.21 Å². The van der Waals surface area contributed by atoms with Crippen molar-refractivity contribution < 1.29 is 10.1 Å². The number of nitrogens with two attached hydrogens (primary N) is 1. The highest BCUT2D eigenvalue weighted by Gasteiger charge is 2.07. The molecule has 0 saturated heterocycles. The van der Waals surface area contributed by atoms with Crippen molar-refractivity contribution in [3.63, 3.8) is 0 Å². The first kappa shape index (κ1) is 5.68. The predicted octanol–water partition coefficient (Wildman–Crippen LogP) is -0.261. The van der Waals surface area contributed by atoms with Crippen LogP contribution in [0.25, 0.3) is 0 Å². The molecule has 0 aliphatic heterocycles. The van der Waals surface area contributed by atoms with Crippen LogP contribution in [0.1, 0.15) is 0 Å². The largest absolute Gasteiger partial charge is 0.417 e. The molecule has 0 spiro atoms. The Hall–Kier alpha value is -1.45. The maximum absolute atomic E-state index is 10.1. The summed E-state index contributed by atoms with van der Waals surface area (Å²) in [7, 11) is 0. The van der Waals surface area contributed by atoms with Crippen LogP contribution < -0.4 is 5.73 Å². The fraction of sp³-hybridized carbons (Fsp3) is 0. The summed E-state index contributed by atoms with van der Waals surface area (Å²) >= 11 is 0. The molecule has 0 radical (unpaired) electrons. The highest BCUT2D eigenvalue weighted by atomic mass is 16.8. The lowest BCUT2D eigenvalue weighted by Gasteiger charge is -1.84. The third kappa shape index (κ3) is 1.02. The summed E-state index contributed by atoms with van der Waals surface area (Å²) in [5.41, 5.74) is 5.87. The molecule has 0 aromatic heterocycles. The van der Waals surface area contributed by atoms with E-state index in [4.69, 9.17) is 10.9 Å². The van der Waals surface area contributed by atoms with Gasteiger partial charge >= 0.3 is 0 Å². The molecule has 0 aromatic carbocycles. The van der Waals surface area contributed by atoms with E-state index in [1.807, 2.05) is 0 Å². The Balaban J connectivity index is 2.95. The first-order valence-corrected chi connectivity index (χ1v) is 2.38. The minimum Gasteiger partial charge on any atom is -0.417 e. The molecule has 0 bridgehead atoms. The van der Waals surface area contributed by atoms with Crippen molar-refractivity contribution in [2.45, 2.75) is 0 Å². The normalized spacial score (nSPS) is 22.0. The Bertz CT molecular complexity index is 211. The molecule has 48 valence electrons. The summed E-state index contributed by atoms with van der Waals surface area (Å²) in [5.74, 6) is 0. The van der Waals surface area contributed by atoms with Crippen LogP contribution in [0.4, 0.5) is 0 Å². The SMILES string of the molecule is NC1=CC(=[N+]([O-])O)C=C1. The summed E-state index contributed by atoms with van der Waals surface area (Å²) in [5, 5.41) is 18.3. The average Bonchev–Trinajstić information content (AvgIpc) is 2.14. The zero-order valence-corrected chi connectivity index (χ0v) is 4.61. The van der Waals surface area contributed by atoms with Gasteiger partial charge in [0.1, 0.15) is 0 Å². The molecule has 0 unspecified atom stereocenters. The number of hydrogen-bond donors (Lipinski definition) is 2. The van der Waals surface area contributed by atoms with Gasteiger partial charge in [-0.2, -0.15) is 0 Å². The van der Waals surface area contributed by atoms with E-state index in [9.17, 15) is 5.21 Å². The van der Waals surface area contributed by atoms with Crippen molar-refractivity contribution in [2.24, 2.45) is 5.73 Å². The van der Waals surface area contributed by atoms with Crippen LogP contribution >= 0.6 is 0 Å². The molecule has 0 aromatic rings. The molecule has 4 heteroatoms. The number of allylic oxidation sites excluding steroid dienone is 3. The molecule has 0 saturated carbocycles. The maximum atomic E-state index is 10.1. The molecule has 0 amide bonds. The van der Waals surface area contributed by atoms with Gasteiger partial charge < -0.3 is 10.9 Å². The molecular weight excluding hydrogens is 120 g/mol. The zero-order chi connectivity index (χ0) is 6.85. The van der Waals surface area contributed by atoms with E-state index in [-0.39, 0.29) is 10.6 Å². The van der Waals surface area contributed by atoms with Gasteiger partial charge in [0.2, 0.25) is 0 Å². The first-order valence-electron chi connectivity index (χ1n) is 2.38. The molecule has 9 heavy (non-hydrogen) atoms. The quantitative estimate of drug-likeness (QED) is 0.267. The molecule has 1 aliphatic rings. The van der Waals surface area contributed by atoms with Crippen molar-refractivity contribution in [1.29, 1.82) is 0 Å². The van der Waals surface area contributed by atoms with Gasteiger partial charge in [-0.05, 0) is 6.08 Å². The third-order valence-electron chi connectivity index (χ3n) is 0.982. The van der Waals surface area contributed by atoms with Crippen LogP contribution in [0.2, 0.25) is 0 Å². The van der Waals surface area contributed by atoms with E-state index >= 15 is 0 Å². The first-order chi connectivity index (χ1) is 4.20. The fourth-order valence-corrected chi connectivity index (χ4v) is 0.568. The topological polar surface area (TPSA) is 72.3 Å². The van der Waals surface area contributed by atoms with Gasteiger partial charge in [-0.25, -0.2) is 0 Å². The van der Waals surface area contributed by atoms with Crippen LogP contribution in [0.15, 0.2) is 23.9 Å². The Morgan fingerprint density at radius 2 is 2.22 bits per heavy atom. The molecule has 0 atom stereocenters. The third-order valence-corrected chi connectivity index (χ3v) is 0.982. The Labute approximate surface area is 51.8 Å². The summed E-state index contributed by atoms with van der Waals surface area (Å²) in [6.07, 6.45) is 4.35. The minimum absolute atomic E-state index is 0.160. The lowest BCUT2D eigenvalue weighted by Crippen LogP contribution is -2.05. The van der Waals surface area contributed by atoms with E-state index < -0.39 is 0 Å². The van der Waals surface area contributed by atoms with Gasteiger partial charge in [0.05, 0.1) is 0 Å². The van der Waals surface area contributed by atoms with Crippen molar-refractivity contribution in [3.8, 4) is 0 Å². The lowest BCUT2D eigenvalue weighted by molar-refractivity contribution is -0.725. The lowest BCUT2D eigenvalue weighted by atomic mass is 10.4. The summed E-state index contributed by atoms with van der Waals surface area (Å²) in [6.45, 7) is 0. The van der Waals surface area contributed by atoms with Crippen molar-refractivity contribution in [1.82, 2.24) is 0 Å². The van der Waals surface area contributed by atoms with E-state index in [1.54, 1.807) is 0 Å². The monoisotopic (exact) mass is 126 g/mol. The number of hydrogen-bond acceptors (Lipinski definition) is 3. The van der Waals surface area contributed by atoms with E-state index in [2.05, 4.69) is 0 Å². The molecule has 1 aliphatic carbocycles. The Morgan fingerprint density at radius 1 is 1.56 bits per heavy atom. The standard InChI is InChI=1S/C5H6N2O2/c6-4-1-2-5(3-4)7(8)9/h1-3H,6H2,(H,8,9). The number of nitrogens with zero attached hydrogens (tertiary/aromatic N) is 1. The summed E-state index contributed by atoms with van der Waals surface area (Å²) < 4.78 is 0. The van der Waals surface area contributed by atoms with Crippen molar-refractivity contribution >= 4 is 5.71 Å². The highest BCUT2D eigenvalue weighted by Crippen LogP contribution is 1.99. The second-order valence-corrected chi connectivity index (χ2v) is 1.68. The molecule has 3 N–H and O–H groups in total.